The Morgan fingerprint density at radius 2 is 1.76 bits per heavy atom. The number of alkyl halides is 1. The highest BCUT2D eigenvalue weighted by molar-refractivity contribution is 14.1. The van der Waals surface area contributed by atoms with Crippen molar-refractivity contribution in [3.63, 3.8) is 0 Å². The smallest absolute Gasteiger partial charge is 0.400 e. The number of hydrogen-bond donors (Lipinski definition) is 0. The van der Waals surface area contributed by atoms with Crippen LogP contribution in [-0.4, -0.2) is 33.8 Å². The van der Waals surface area contributed by atoms with Crippen LogP contribution in [0.3, 0.4) is 0 Å². The molecule has 0 aliphatic carbocycles. The number of hydrogen-bond acceptors (Lipinski definition) is 3. The van der Waals surface area contributed by atoms with Crippen LogP contribution >= 0.6 is 22.6 Å². The van der Waals surface area contributed by atoms with Gasteiger partial charge >= 0.3 is 7.12 Å². The second-order valence-corrected chi connectivity index (χ2v) is 9.56. The molecule has 2 saturated heterocycles. The van der Waals surface area contributed by atoms with Crippen LogP contribution in [0.25, 0.3) is 6.08 Å². The molecular formula is C20H29BINO2. The summed E-state index contributed by atoms with van der Waals surface area (Å²) in [6.45, 7) is 10.6. The Morgan fingerprint density at radius 3 is 2.36 bits per heavy atom. The van der Waals surface area contributed by atoms with Crippen molar-refractivity contribution in [1.82, 2.24) is 4.90 Å². The second kappa shape index (κ2) is 7.71. The molecule has 1 atom stereocenters. The second-order valence-electron chi connectivity index (χ2n) is 8.13. The van der Waals surface area contributed by atoms with E-state index in [1.807, 2.05) is 5.98 Å². The van der Waals surface area contributed by atoms with E-state index in [1.165, 1.54) is 36.9 Å². The van der Waals surface area contributed by atoms with E-state index >= 15 is 0 Å². The summed E-state index contributed by atoms with van der Waals surface area (Å²) < 4.78 is 12.7. The molecule has 3 nitrogen and oxygen atoms in total. The minimum atomic E-state index is -0.281. The lowest BCUT2D eigenvalue weighted by molar-refractivity contribution is 0.00578. The molecule has 2 heterocycles. The van der Waals surface area contributed by atoms with E-state index in [2.05, 4.69) is 85.5 Å². The van der Waals surface area contributed by atoms with Crippen LogP contribution in [0.15, 0.2) is 30.2 Å². The molecule has 0 spiro atoms. The molecule has 0 N–H and O–H groups in total. The Labute approximate surface area is 166 Å². The first-order chi connectivity index (χ1) is 11.8. The van der Waals surface area contributed by atoms with Crippen LogP contribution in [0, 0.1) is 0 Å². The van der Waals surface area contributed by atoms with E-state index in [0.29, 0.717) is 4.05 Å². The molecular weight excluding hydrogens is 424 g/mol. The lowest BCUT2D eigenvalue weighted by Crippen LogP contribution is -2.41. The van der Waals surface area contributed by atoms with E-state index in [9.17, 15) is 0 Å². The fraction of sp³-hybridized carbons (Fsp3) is 0.600. The van der Waals surface area contributed by atoms with Crippen molar-refractivity contribution < 1.29 is 9.31 Å². The van der Waals surface area contributed by atoms with Gasteiger partial charge in [0.25, 0.3) is 0 Å². The van der Waals surface area contributed by atoms with Gasteiger partial charge in [0.1, 0.15) is 0 Å². The van der Waals surface area contributed by atoms with Gasteiger partial charge in [0.2, 0.25) is 0 Å². The zero-order valence-corrected chi connectivity index (χ0v) is 18.0. The maximum absolute atomic E-state index is 6.01. The average molecular weight is 453 g/mol. The molecule has 3 rings (SSSR count). The van der Waals surface area contributed by atoms with Gasteiger partial charge in [0.15, 0.2) is 0 Å². The summed E-state index contributed by atoms with van der Waals surface area (Å²) in [4.78, 5) is 2.58. The van der Waals surface area contributed by atoms with Crippen molar-refractivity contribution >= 4 is 35.8 Å². The fourth-order valence-corrected chi connectivity index (χ4v) is 4.17. The third kappa shape index (κ3) is 4.68. The first-order valence-corrected chi connectivity index (χ1v) is 10.5. The monoisotopic (exact) mass is 453 g/mol. The highest BCUT2D eigenvalue weighted by atomic mass is 127. The van der Waals surface area contributed by atoms with Crippen LogP contribution in [0.1, 0.15) is 58.1 Å². The van der Waals surface area contributed by atoms with Crippen molar-refractivity contribution in [2.24, 2.45) is 0 Å². The Hall–Kier alpha value is -0.365. The molecule has 5 heteroatoms. The number of nitrogens with zero attached hydrogens (tertiary/aromatic N) is 1. The number of benzene rings is 1. The van der Waals surface area contributed by atoms with Crippen molar-refractivity contribution in [1.29, 1.82) is 0 Å². The van der Waals surface area contributed by atoms with Crippen molar-refractivity contribution in [3.8, 4) is 0 Å². The van der Waals surface area contributed by atoms with E-state index in [1.54, 1.807) is 0 Å². The highest BCUT2D eigenvalue weighted by Gasteiger charge is 2.49. The zero-order valence-electron chi connectivity index (χ0n) is 15.8. The van der Waals surface area contributed by atoms with E-state index in [4.69, 9.17) is 9.31 Å². The zero-order chi connectivity index (χ0) is 18.1. The predicted molar refractivity (Wildman–Crippen MR) is 114 cm³/mol. The normalized spacial score (nSPS) is 26.4. The lowest BCUT2D eigenvalue weighted by atomic mass is 9.89. The summed E-state index contributed by atoms with van der Waals surface area (Å²) in [5, 5.41) is 0. The topological polar surface area (TPSA) is 21.7 Å². The lowest BCUT2D eigenvalue weighted by Gasteiger charge is -2.32. The van der Waals surface area contributed by atoms with Gasteiger partial charge < -0.3 is 9.31 Å². The molecule has 0 bridgehead atoms. The Balaban J connectivity index is 1.58. The maximum atomic E-state index is 6.01. The van der Waals surface area contributed by atoms with Gasteiger partial charge in [0.05, 0.1) is 15.3 Å². The van der Waals surface area contributed by atoms with E-state index in [-0.39, 0.29) is 18.3 Å². The summed E-state index contributed by atoms with van der Waals surface area (Å²) in [5.74, 6) is 2.01. The number of rotatable bonds is 4. The quantitative estimate of drug-likeness (QED) is 0.275. The summed E-state index contributed by atoms with van der Waals surface area (Å²) in [7, 11) is -0.280. The van der Waals surface area contributed by atoms with Gasteiger partial charge in [-0.25, -0.2) is 0 Å². The number of halogens is 1. The molecule has 2 fully saturated rings. The number of piperidine rings is 1. The van der Waals surface area contributed by atoms with Crippen LogP contribution in [0.5, 0.6) is 0 Å². The Kier molecular flexibility index (Phi) is 5.98. The summed E-state index contributed by atoms with van der Waals surface area (Å²) in [5.41, 5.74) is 2.01. The minimum absolute atomic E-state index is 0.280. The molecule has 136 valence electrons. The summed E-state index contributed by atoms with van der Waals surface area (Å²) in [6, 6.07) is 8.84. The third-order valence-corrected chi connectivity index (χ3v) is 7.03. The summed E-state index contributed by atoms with van der Waals surface area (Å²) in [6.07, 6.45) is 6.10. The molecule has 1 aromatic rings. The Bertz CT molecular complexity index is 599. The predicted octanol–water partition coefficient (Wildman–Crippen LogP) is 5.08. The number of likely N-dealkylation sites (tertiary alicyclic amines) is 1. The van der Waals surface area contributed by atoms with Crippen molar-refractivity contribution in [2.75, 3.05) is 6.54 Å². The van der Waals surface area contributed by atoms with Crippen molar-refractivity contribution in [2.45, 2.75) is 68.8 Å². The Morgan fingerprint density at radius 1 is 1.12 bits per heavy atom. The third-order valence-electron chi connectivity index (χ3n) is 5.62. The van der Waals surface area contributed by atoms with E-state index < -0.39 is 0 Å². The van der Waals surface area contributed by atoms with Gasteiger partial charge in [-0.1, -0.05) is 58.9 Å². The molecule has 2 aliphatic rings. The SMILES string of the molecule is CC1(C)OB(C=Cc2ccc(CN3CCCCC3I)cc2)OC1(C)C. The average Bonchev–Trinajstić information content (AvgIpc) is 2.76. The van der Waals surface area contributed by atoms with Gasteiger partial charge in [-0.3, -0.25) is 4.90 Å². The fourth-order valence-electron chi connectivity index (χ4n) is 3.25. The minimum Gasteiger partial charge on any atom is -0.400 e. The molecule has 0 amide bonds. The molecule has 0 radical (unpaired) electrons. The molecule has 25 heavy (non-hydrogen) atoms. The highest BCUT2D eigenvalue weighted by Crippen LogP contribution is 2.37. The standard InChI is InChI=1S/C20H29BINO2/c1-19(2)20(3,4)25-21(24-19)13-12-16-8-10-17(11-9-16)15-23-14-6-5-7-18(23)22/h8-13,18H,5-7,14-15H2,1-4H3. The van der Waals surface area contributed by atoms with E-state index in [0.717, 1.165) is 6.54 Å². The largest absolute Gasteiger partial charge is 0.487 e. The van der Waals surface area contributed by atoms with Crippen LogP contribution < -0.4 is 0 Å². The first kappa shape index (κ1) is 19.4. The van der Waals surface area contributed by atoms with Crippen LogP contribution in [-0.2, 0) is 15.9 Å². The first-order valence-electron chi connectivity index (χ1n) is 9.28. The summed E-state index contributed by atoms with van der Waals surface area (Å²) >= 11 is 2.58. The van der Waals surface area contributed by atoms with Crippen molar-refractivity contribution in [3.05, 3.63) is 41.4 Å². The maximum Gasteiger partial charge on any atom is 0.487 e. The molecule has 0 saturated carbocycles. The van der Waals surface area contributed by atoms with Gasteiger partial charge in [0, 0.05) is 6.54 Å². The molecule has 2 aliphatic heterocycles. The van der Waals surface area contributed by atoms with Gasteiger partial charge in [-0.05, 0) is 64.6 Å². The molecule has 1 unspecified atom stereocenters. The molecule has 0 aromatic heterocycles. The van der Waals surface area contributed by atoms with Gasteiger partial charge in [-0.2, -0.15) is 0 Å². The van der Waals surface area contributed by atoms with Gasteiger partial charge in [-0.15, -0.1) is 0 Å². The van der Waals surface area contributed by atoms with Crippen LogP contribution in [0.2, 0.25) is 0 Å². The molecule has 1 aromatic carbocycles. The van der Waals surface area contributed by atoms with Crippen LogP contribution in [0.4, 0.5) is 0 Å².